The van der Waals surface area contributed by atoms with Crippen LogP contribution in [-0.2, 0) is 6.42 Å². The van der Waals surface area contributed by atoms with Gasteiger partial charge in [-0.25, -0.2) is 0 Å². The molecular formula is C21H21N3O4S. The van der Waals surface area contributed by atoms with E-state index in [1.807, 2.05) is 31.2 Å². The molecule has 0 N–H and O–H groups in total. The molecule has 0 radical (unpaired) electrons. The van der Waals surface area contributed by atoms with Crippen LogP contribution in [-0.4, -0.2) is 36.8 Å². The quantitative estimate of drug-likeness (QED) is 0.507. The van der Waals surface area contributed by atoms with E-state index in [1.165, 1.54) is 24.4 Å². The summed E-state index contributed by atoms with van der Waals surface area (Å²) in [5.74, 6) is 1.77. The summed E-state index contributed by atoms with van der Waals surface area (Å²) in [5.41, 5.74) is 2.90. The molecule has 0 aliphatic rings. The summed E-state index contributed by atoms with van der Waals surface area (Å²) in [6.45, 7) is 2.03. The second-order valence-corrected chi connectivity index (χ2v) is 7.37. The Balaban J connectivity index is 1.79. The molecule has 0 amide bonds. The van der Waals surface area contributed by atoms with Crippen LogP contribution in [0, 0.1) is 18.3 Å². The molecule has 0 unspecified atom stereocenters. The Labute approximate surface area is 173 Å². The fraction of sp³-hybridized carbons (Fsp3) is 0.286. The van der Waals surface area contributed by atoms with Crippen molar-refractivity contribution in [3.05, 3.63) is 47.5 Å². The minimum Gasteiger partial charge on any atom is -0.493 e. The Hall–Kier alpha value is -3.18. The fourth-order valence-corrected chi connectivity index (χ4v) is 3.54. The van der Waals surface area contributed by atoms with Crippen LogP contribution in [0.1, 0.15) is 11.1 Å². The minimum atomic E-state index is -0.342. The van der Waals surface area contributed by atoms with Crippen LogP contribution in [0.15, 0.2) is 46.0 Å². The Bertz CT molecular complexity index is 987. The second-order valence-electron chi connectivity index (χ2n) is 6.21. The van der Waals surface area contributed by atoms with Gasteiger partial charge in [0.2, 0.25) is 11.6 Å². The lowest BCUT2D eigenvalue weighted by atomic mass is 10.1. The van der Waals surface area contributed by atoms with E-state index in [2.05, 4.69) is 16.3 Å². The highest BCUT2D eigenvalue weighted by Crippen LogP contribution is 2.41. The monoisotopic (exact) mass is 411 g/mol. The number of hydrogen-bond donors (Lipinski definition) is 0. The van der Waals surface area contributed by atoms with Gasteiger partial charge in [0.05, 0.1) is 27.4 Å². The first-order valence-corrected chi connectivity index (χ1v) is 9.71. The molecule has 1 aromatic heterocycles. The van der Waals surface area contributed by atoms with Gasteiger partial charge in [-0.15, -0.1) is 10.2 Å². The maximum Gasteiger partial charge on any atom is 0.278 e. The number of nitrogens with zero attached hydrogens (tertiary/aromatic N) is 3. The third kappa shape index (κ3) is 4.81. The van der Waals surface area contributed by atoms with Gasteiger partial charge >= 0.3 is 0 Å². The Kier molecular flexibility index (Phi) is 6.62. The molecule has 29 heavy (non-hydrogen) atoms. The summed E-state index contributed by atoms with van der Waals surface area (Å²) in [7, 11) is 4.62. The van der Waals surface area contributed by atoms with Crippen molar-refractivity contribution in [2.45, 2.75) is 23.8 Å². The molecule has 1 atom stereocenters. The summed E-state index contributed by atoms with van der Waals surface area (Å²) in [6, 6.07) is 13.9. The zero-order valence-electron chi connectivity index (χ0n) is 16.6. The van der Waals surface area contributed by atoms with Crippen LogP contribution >= 0.6 is 11.8 Å². The minimum absolute atomic E-state index is 0.304. The molecule has 8 heteroatoms. The van der Waals surface area contributed by atoms with Crippen LogP contribution in [0.2, 0.25) is 0 Å². The van der Waals surface area contributed by atoms with Crippen molar-refractivity contribution < 1.29 is 18.6 Å². The maximum absolute atomic E-state index is 9.51. The maximum atomic E-state index is 9.51. The summed E-state index contributed by atoms with van der Waals surface area (Å²) in [6.07, 6.45) is 0.587. The molecular weight excluding hydrogens is 390 g/mol. The number of rotatable bonds is 8. The zero-order chi connectivity index (χ0) is 20.8. The smallest absolute Gasteiger partial charge is 0.278 e. The Morgan fingerprint density at radius 2 is 1.69 bits per heavy atom. The molecule has 1 heterocycles. The molecule has 0 spiro atoms. The largest absolute Gasteiger partial charge is 0.493 e. The first kappa shape index (κ1) is 20.6. The van der Waals surface area contributed by atoms with Crippen LogP contribution in [0.25, 0.3) is 11.5 Å². The van der Waals surface area contributed by atoms with Gasteiger partial charge in [-0.3, -0.25) is 0 Å². The number of aryl methyl sites for hydroxylation is 1. The molecule has 2 aromatic carbocycles. The van der Waals surface area contributed by atoms with Crippen molar-refractivity contribution in [1.29, 1.82) is 5.26 Å². The van der Waals surface area contributed by atoms with Crippen molar-refractivity contribution >= 4 is 11.8 Å². The summed E-state index contributed by atoms with van der Waals surface area (Å²) < 4.78 is 21.8. The number of methoxy groups -OCH3 is 3. The van der Waals surface area contributed by atoms with E-state index in [9.17, 15) is 5.26 Å². The zero-order valence-corrected chi connectivity index (χ0v) is 17.4. The number of thioether (sulfide) groups is 1. The molecule has 150 valence electrons. The lowest BCUT2D eigenvalue weighted by Crippen LogP contribution is -2.03. The van der Waals surface area contributed by atoms with Crippen LogP contribution in [0.3, 0.4) is 0 Å². The van der Waals surface area contributed by atoms with Gasteiger partial charge in [-0.05, 0) is 42.8 Å². The summed E-state index contributed by atoms with van der Waals surface area (Å²) in [5, 5.41) is 17.7. The van der Waals surface area contributed by atoms with Gasteiger partial charge in [-0.2, -0.15) is 5.26 Å². The molecule has 0 saturated carbocycles. The first-order chi connectivity index (χ1) is 14.1. The average Bonchev–Trinajstić information content (AvgIpc) is 3.22. The summed E-state index contributed by atoms with van der Waals surface area (Å²) >= 11 is 1.24. The Morgan fingerprint density at radius 1 is 1.03 bits per heavy atom. The van der Waals surface area contributed by atoms with E-state index in [4.69, 9.17) is 18.6 Å². The van der Waals surface area contributed by atoms with Crippen LogP contribution in [0.5, 0.6) is 17.2 Å². The molecule has 0 aliphatic carbocycles. The van der Waals surface area contributed by atoms with E-state index in [0.29, 0.717) is 40.3 Å². The van der Waals surface area contributed by atoms with Gasteiger partial charge in [0.1, 0.15) is 5.25 Å². The van der Waals surface area contributed by atoms with E-state index in [1.54, 1.807) is 26.4 Å². The normalized spacial score (nSPS) is 11.6. The average molecular weight is 411 g/mol. The number of nitriles is 1. The number of benzene rings is 2. The predicted molar refractivity (Wildman–Crippen MR) is 110 cm³/mol. The molecule has 7 nitrogen and oxygen atoms in total. The van der Waals surface area contributed by atoms with Gasteiger partial charge in [-0.1, -0.05) is 29.8 Å². The third-order valence-corrected chi connectivity index (χ3v) is 5.17. The molecule has 0 saturated heterocycles. The van der Waals surface area contributed by atoms with Crippen molar-refractivity contribution in [2.24, 2.45) is 0 Å². The molecule has 0 aliphatic heterocycles. The highest BCUT2D eigenvalue weighted by Gasteiger charge is 2.19. The van der Waals surface area contributed by atoms with E-state index >= 15 is 0 Å². The fourth-order valence-electron chi connectivity index (χ4n) is 2.75. The molecule has 0 fully saturated rings. The predicted octanol–water partition coefficient (Wildman–Crippen LogP) is 4.30. The van der Waals surface area contributed by atoms with Gasteiger partial charge in [0.15, 0.2) is 11.5 Å². The number of aromatic nitrogens is 2. The van der Waals surface area contributed by atoms with Gasteiger partial charge < -0.3 is 18.6 Å². The van der Waals surface area contributed by atoms with Crippen LogP contribution in [0.4, 0.5) is 0 Å². The number of hydrogen-bond acceptors (Lipinski definition) is 8. The van der Waals surface area contributed by atoms with E-state index in [-0.39, 0.29) is 5.25 Å². The van der Waals surface area contributed by atoms with Crippen molar-refractivity contribution in [3.8, 4) is 34.8 Å². The van der Waals surface area contributed by atoms with Crippen LogP contribution < -0.4 is 14.2 Å². The van der Waals surface area contributed by atoms with Crippen molar-refractivity contribution in [2.75, 3.05) is 21.3 Å². The van der Waals surface area contributed by atoms with E-state index in [0.717, 1.165) is 5.56 Å². The number of ether oxygens (including phenoxy) is 3. The third-order valence-electron chi connectivity index (χ3n) is 4.25. The highest BCUT2D eigenvalue weighted by molar-refractivity contribution is 7.99. The summed E-state index contributed by atoms with van der Waals surface area (Å²) in [4.78, 5) is 0. The first-order valence-electron chi connectivity index (χ1n) is 8.83. The molecule has 0 bridgehead atoms. The second kappa shape index (κ2) is 9.34. The van der Waals surface area contributed by atoms with E-state index < -0.39 is 0 Å². The van der Waals surface area contributed by atoms with Crippen molar-refractivity contribution in [1.82, 2.24) is 10.2 Å². The SMILES string of the molecule is COc1cc(-c2nnc(S[C@H](C#N)Cc3ccc(C)cc3)o2)cc(OC)c1OC. The standard InChI is InChI=1S/C21H21N3O4S/c1-13-5-7-14(8-6-13)9-16(12-22)29-21-24-23-20(28-21)15-10-17(25-2)19(27-4)18(11-15)26-3/h5-8,10-11,16H,9H2,1-4H3/t16-/m0/s1. The highest BCUT2D eigenvalue weighted by atomic mass is 32.2. The molecule has 3 aromatic rings. The van der Waals surface area contributed by atoms with Gasteiger partial charge in [0.25, 0.3) is 5.22 Å². The lowest BCUT2D eigenvalue weighted by Gasteiger charge is -2.12. The Morgan fingerprint density at radius 3 is 2.24 bits per heavy atom. The lowest BCUT2D eigenvalue weighted by molar-refractivity contribution is 0.324. The molecule has 3 rings (SSSR count). The van der Waals surface area contributed by atoms with Crippen molar-refractivity contribution in [3.63, 3.8) is 0 Å². The van der Waals surface area contributed by atoms with Gasteiger partial charge in [0, 0.05) is 5.56 Å². The topological polar surface area (TPSA) is 90.4 Å².